The lowest BCUT2D eigenvalue weighted by atomic mass is 9.75. The van der Waals surface area contributed by atoms with Crippen LogP contribution < -0.4 is 0 Å². The Kier molecular flexibility index (Phi) is 10.0. The Labute approximate surface area is 225 Å². The molecular weight excluding hydrogens is 480 g/mol. The van der Waals surface area contributed by atoms with Crippen molar-refractivity contribution in [3.63, 3.8) is 0 Å². The van der Waals surface area contributed by atoms with E-state index in [1.165, 1.54) is 23.1 Å². The fourth-order valence-corrected chi connectivity index (χ4v) is 7.53. The zero-order chi connectivity index (χ0) is 25.3. The van der Waals surface area contributed by atoms with Gasteiger partial charge in [0.15, 0.2) is 0 Å². The Morgan fingerprint density at radius 2 is 1.39 bits per heavy atom. The molecule has 0 radical (unpaired) electrons. The van der Waals surface area contributed by atoms with Gasteiger partial charge >= 0.3 is 5.97 Å². The number of esters is 1. The van der Waals surface area contributed by atoms with E-state index in [1.807, 2.05) is 35.7 Å². The second-order valence-corrected chi connectivity index (χ2v) is 12.8. The van der Waals surface area contributed by atoms with Crippen molar-refractivity contribution in [2.75, 3.05) is 0 Å². The smallest absolute Gasteiger partial charge is 0.338 e. The molecule has 3 aromatic rings. The van der Waals surface area contributed by atoms with Gasteiger partial charge in [0, 0.05) is 11.5 Å². The predicted octanol–water partition coefficient (Wildman–Crippen LogP) is 9.17. The van der Waals surface area contributed by atoms with Crippen LogP contribution in [-0.4, -0.2) is 12.1 Å². The third-order valence-corrected chi connectivity index (χ3v) is 10.1. The molecule has 0 spiro atoms. The Hall–Kier alpha value is -2.17. The molecule has 1 aliphatic rings. The zero-order valence-electron chi connectivity index (χ0n) is 21.6. The summed E-state index contributed by atoms with van der Waals surface area (Å²) in [6.07, 6.45) is 3.38. The quantitative estimate of drug-likeness (QED) is 0.197. The summed E-state index contributed by atoms with van der Waals surface area (Å²) in [4.78, 5) is 13.1. The first-order valence-electron chi connectivity index (χ1n) is 13.1. The van der Waals surface area contributed by atoms with E-state index in [0.717, 1.165) is 24.3 Å². The van der Waals surface area contributed by atoms with E-state index in [0.29, 0.717) is 23.3 Å². The lowest BCUT2D eigenvalue weighted by Gasteiger charge is -2.36. The molecule has 0 aliphatic heterocycles. The largest absolute Gasteiger partial charge is 0.458 e. The minimum atomic E-state index is -0.184. The first-order valence-corrected chi connectivity index (χ1v) is 15.2. The number of thioether (sulfide) groups is 2. The van der Waals surface area contributed by atoms with Crippen LogP contribution >= 0.6 is 23.5 Å². The summed E-state index contributed by atoms with van der Waals surface area (Å²) in [7, 11) is 0. The third-order valence-electron chi connectivity index (χ3n) is 7.13. The summed E-state index contributed by atoms with van der Waals surface area (Å²) >= 11 is 3.88. The van der Waals surface area contributed by atoms with Crippen molar-refractivity contribution in [3.8, 4) is 0 Å². The van der Waals surface area contributed by atoms with E-state index in [2.05, 4.69) is 93.6 Å². The molecule has 190 valence electrons. The Bertz CT molecular complexity index is 1020. The van der Waals surface area contributed by atoms with Crippen molar-refractivity contribution in [1.29, 1.82) is 0 Å². The maximum Gasteiger partial charge on any atom is 0.338 e. The van der Waals surface area contributed by atoms with Gasteiger partial charge in [0.25, 0.3) is 0 Å². The van der Waals surface area contributed by atoms with Crippen LogP contribution in [-0.2, 0) is 16.2 Å². The number of carbonyl (C=O) groups excluding carboxylic acids is 1. The normalized spacial score (nSPS) is 20.0. The van der Waals surface area contributed by atoms with E-state index in [4.69, 9.17) is 4.74 Å². The van der Waals surface area contributed by atoms with Crippen LogP contribution in [0.15, 0.2) is 84.9 Å². The molecule has 2 nitrogen and oxygen atoms in total. The molecule has 0 aromatic heterocycles. The van der Waals surface area contributed by atoms with Crippen LogP contribution in [0, 0.1) is 17.8 Å². The van der Waals surface area contributed by atoms with Gasteiger partial charge < -0.3 is 4.74 Å². The fraction of sp³-hybridized carbons (Fsp3) is 0.406. The van der Waals surface area contributed by atoms with Gasteiger partial charge in [-0.1, -0.05) is 100.0 Å². The highest BCUT2D eigenvalue weighted by molar-refractivity contribution is 8.15. The number of hydrogen-bond donors (Lipinski definition) is 0. The Morgan fingerprint density at radius 1 is 0.833 bits per heavy atom. The van der Waals surface area contributed by atoms with Gasteiger partial charge in [-0.15, -0.1) is 23.5 Å². The molecule has 1 fully saturated rings. The zero-order valence-corrected chi connectivity index (χ0v) is 23.3. The van der Waals surface area contributed by atoms with Gasteiger partial charge in [-0.25, -0.2) is 4.79 Å². The van der Waals surface area contributed by atoms with E-state index < -0.39 is 0 Å². The summed E-state index contributed by atoms with van der Waals surface area (Å²) in [5.74, 6) is 3.32. The number of rotatable bonds is 10. The molecule has 0 saturated heterocycles. The average Bonchev–Trinajstić information content (AvgIpc) is 2.90. The predicted molar refractivity (Wildman–Crippen MR) is 155 cm³/mol. The van der Waals surface area contributed by atoms with E-state index in [9.17, 15) is 4.79 Å². The summed E-state index contributed by atoms with van der Waals surface area (Å²) in [5, 5.41) is 0. The van der Waals surface area contributed by atoms with Crippen LogP contribution in [0.1, 0.15) is 71.7 Å². The second-order valence-electron chi connectivity index (χ2n) is 10.3. The molecule has 1 aliphatic carbocycles. The summed E-state index contributed by atoms with van der Waals surface area (Å²) in [6.45, 7) is 6.76. The molecule has 0 amide bonds. The second kappa shape index (κ2) is 13.4. The maximum absolute atomic E-state index is 13.1. The van der Waals surface area contributed by atoms with Crippen molar-refractivity contribution < 1.29 is 9.53 Å². The summed E-state index contributed by atoms with van der Waals surface area (Å²) in [6, 6.07) is 29.4. The van der Waals surface area contributed by atoms with E-state index in [1.54, 1.807) is 0 Å². The molecule has 0 N–H and O–H groups in total. The van der Waals surface area contributed by atoms with Gasteiger partial charge in [0.05, 0.1) is 10.1 Å². The number of hydrogen-bond acceptors (Lipinski definition) is 4. The highest BCUT2D eigenvalue weighted by Crippen LogP contribution is 2.43. The van der Waals surface area contributed by atoms with Crippen LogP contribution in [0.25, 0.3) is 0 Å². The third kappa shape index (κ3) is 7.66. The van der Waals surface area contributed by atoms with E-state index in [-0.39, 0.29) is 16.7 Å². The highest BCUT2D eigenvalue weighted by Gasteiger charge is 2.33. The maximum atomic E-state index is 13.1. The molecule has 4 heteroatoms. The van der Waals surface area contributed by atoms with Crippen molar-refractivity contribution in [1.82, 2.24) is 0 Å². The van der Waals surface area contributed by atoms with Crippen LogP contribution in [0.2, 0.25) is 0 Å². The minimum absolute atomic E-state index is 0.0246. The van der Waals surface area contributed by atoms with Crippen LogP contribution in [0.5, 0.6) is 0 Å². The van der Waals surface area contributed by atoms with Crippen molar-refractivity contribution in [2.24, 2.45) is 17.8 Å². The topological polar surface area (TPSA) is 26.3 Å². The molecule has 4 rings (SSSR count). The first kappa shape index (κ1) is 26.9. The van der Waals surface area contributed by atoms with E-state index >= 15 is 0 Å². The number of carbonyl (C=O) groups is 1. The molecular formula is C32H38O2S2. The molecule has 3 aromatic carbocycles. The van der Waals surface area contributed by atoms with Crippen molar-refractivity contribution >= 4 is 29.5 Å². The van der Waals surface area contributed by atoms with Gasteiger partial charge in [0.2, 0.25) is 0 Å². The van der Waals surface area contributed by atoms with Crippen molar-refractivity contribution in [3.05, 3.63) is 107 Å². The van der Waals surface area contributed by atoms with Gasteiger partial charge in [-0.3, -0.25) is 0 Å². The minimum Gasteiger partial charge on any atom is -0.458 e. The number of benzene rings is 3. The SMILES string of the molecule is CC(C)[C@@H]1CC[C@@H](C)C[C@H]1OC(=O)c1ccc(C(SCc2ccccc2)SCc2ccccc2)cc1. The molecule has 1 saturated carbocycles. The van der Waals surface area contributed by atoms with Gasteiger partial charge in [-0.05, 0) is 59.4 Å². The molecule has 0 heterocycles. The molecule has 36 heavy (non-hydrogen) atoms. The summed E-state index contributed by atoms with van der Waals surface area (Å²) < 4.78 is 6.36. The lowest BCUT2D eigenvalue weighted by Crippen LogP contribution is -2.35. The summed E-state index contributed by atoms with van der Waals surface area (Å²) in [5.41, 5.74) is 4.54. The molecule has 0 unspecified atom stereocenters. The van der Waals surface area contributed by atoms with Gasteiger partial charge in [-0.2, -0.15) is 0 Å². The van der Waals surface area contributed by atoms with Gasteiger partial charge in [0.1, 0.15) is 6.10 Å². The molecule has 0 bridgehead atoms. The molecule has 3 atom stereocenters. The van der Waals surface area contributed by atoms with Crippen molar-refractivity contribution in [2.45, 2.75) is 62.2 Å². The number of ether oxygens (including phenoxy) is 1. The first-order chi connectivity index (χ1) is 17.5. The van der Waals surface area contributed by atoms with Crippen LogP contribution in [0.3, 0.4) is 0 Å². The fourth-order valence-electron chi connectivity index (χ4n) is 4.96. The Morgan fingerprint density at radius 3 is 1.92 bits per heavy atom. The standard InChI is InChI=1S/C32H38O2S2/c1-23(2)29-19-14-24(3)20-30(29)34-31(33)27-15-17-28(18-16-27)32(35-21-25-10-6-4-7-11-25)36-22-26-12-8-5-9-13-26/h4-13,15-18,23-24,29-30,32H,14,19-22H2,1-3H3/t24-,29+,30-/m1/s1. The lowest BCUT2D eigenvalue weighted by molar-refractivity contribution is -0.0174. The Balaban J connectivity index is 1.43. The highest BCUT2D eigenvalue weighted by atomic mass is 32.2. The average molecular weight is 519 g/mol. The van der Waals surface area contributed by atoms with Crippen LogP contribution in [0.4, 0.5) is 0 Å². The monoisotopic (exact) mass is 518 g/mol.